The van der Waals surface area contributed by atoms with Crippen molar-refractivity contribution in [2.45, 2.75) is 24.9 Å². The molecule has 1 aliphatic heterocycles. The Hall–Kier alpha value is -4.63. The molecule has 2 aromatic carbocycles. The second-order valence-corrected chi connectivity index (χ2v) is 8.77. The van der Waals surface area contributed by atoms with Crippen molar-refractivity contribution in [2.24, 2.45) is 0 Å². The third kappa shape index (κ3) is 4.48. The van der Waals surface area contributed by atoms with Gasteiger partial charge in [-0.05, 0) is 18.2 Å². The van der Waals surface area contributed by atoms with Crippen molar-refractivity contribution in [3.63, 3.8) is 0 Å². The number of carbonyl (C=O) groups excluding carboxylic acids is 3. The lowest BCUT2D eigenvalue weighted by atomic mass is 9.83. The Morgan fingerprint density at radius 2 is 1.74 bits per heavy atom. The summed E-state index contributed by atoms with van der Waals surface area (Å²) in [5.74, 6) is 4.05. The Bertz CT molecular complexity index is 1660. The number of carbonyl (C=O) groups is 3. The van der Waals surface area contributed by atoms with Crippen LogP contribution in [0.4, 0.5) is 0 Å². The van der Waals surface area contributed by atoms with Crippen LogP contribution < -0.4 is 16.6 Å². The number of rotatable bonds is 4. The van der Waals surface area contributed by atoms with E-state index in [9.17, 15) is 34.2 Å². The number of aromatic amines is 1. The largest absolute Gasteiger partial charge is 0.394 e. The minimum absolute atomic E-state index is 0.0422. The number of aliphatic hydroxyl groups is 2. The molecule has 2 heterocycles. The zero-order valence-corrected chi connectivity index (χ0v) is 19.8. The van der Waals surface area contributed by atoms with Crippen LogP contribution in [0.2, 0.25) is 0 Å². The van der Waals surface area contributed by atoms with Gasteiger partial charge in [-0.1, -0.05) is 36.1 Å². The third-order valence-electron chi connectivity index (χ3n) is 6.41. The third-order valence-corrected chi connectivity index (χ3v) is 6.41. The second-order valence-electron chi connectivity index (χ2n) is 8.77. The van der Waals surface area contributed by atoms with Crippen LogP contribution in [0.5, 0.6) is 0 Å². The number of ether oxygens (including phenoxy) is 1. The molecule has 0 saturated carbocycles. The van der Waals surface area contributed by atoms with Crippen molar-refractivity contribution in [2.75, 3.05) is 13.2 Å². The van der Waals surface area contributed by atoms with Crippen molar-refractivity contribution >= 4 is 17.5 Å². The lowest BCUT2D eigenvalue weighted by molar-refractivity contribution is -0.0459. The molecule has 3 atom stereocenters. The Morgan fingerprint density at radius 1 is 1.05 bits per heavy atom. The Labute approximate surface area is 214 Å². The average molecular weight is 515 g/mol. The highest BCUT2D eigenvalue weighted by Gasteiger charge is 2.35. The van der Waals surface area contributed by atoms with E-state index in [0.717, 1.165) is 4.57 Å². The van der Waals surface area contributed by atoms with Gasteiger partial charge in [0.25, 0.3) is 11.5 Å². The SMILES string of the molecule is O=C(NCC#Cc1cn([C@H]2C[C@H](O)[C@@H](CO)O2)c(=O)[nH]c1=O)c1ccc2c(c1)C(=O)c1ccccc1C2=O. The molecule has 0 bridgehead atoms. The van der Waals surface area contributed by atoms with Crippen LogP contribution in [0.1, 0.15) is 60.4 Å². The lowest BCUT2D eigenvalue weighted by Gasteiger charge is -2.17. The molecule has 1 saturated heterocycles. The van der Waals surface area contributed by atoms with Crippen molar-refractivity contribution in [1.82, 2.24) is 14.9 Å². The summed E-state index contributed by atoms with van der Waals surface area (Å²) in [5, 5.41) is 21.7. The number of benzene rings is 2. The molecule has 0 spiro atoms. The molecule has 11 nitrogen and oxygen atoms in total. The van der Waals surface area contributed by atoms with Crippen LogP contribution >= 0.6 is 0 Å². The van der Waals surface area contributed by atoms with Crippen LogP contribution in [0.3, 0.4) is 0 Å². The quantitative estimate of drug-likeness (QED) is 0.270. The maximum atomic E-state index is 12.9. The van der Waals surface area contributed by atoms with Crippen LogP contribution in [0, 0.1) is 11.8 Å². The topological polar surface area (TPSA) is 168 Å². The number of nitrogens with zero attached hydrogens (tertiary/aromatic N) is 1. The van der Waals surface area contributed by atoms with Crippen LogP contribution in [-0.4, -0.2) is 62.6 Å². The molecule has 4 N–H and O–H groups in total. The normalized spacial score (nSPS) is 19.8. The molecule has 11 heteroatoms. The predicted octanol–water partition coefficient (Wildman–Crippen LogP) is -0.266. The number of aliphatic hydroxyl groups excluding tert-OH is 2. The molecule has 1 aromatic heterocycles. The lowest BCUT2D eigenvalue weighted by Crippen LogP contribution is -2.33. The summed E-state index contributed by atoms with van der Waals surface area (Å²) in [6.45, 7) is -0.584. The van der Waals surface area contributed by atoms with Gasteiger partial charge in [-0.3, -0.25) is 28.7 Å². The molecular weight excluding hydrogens is 494 g/mol. The van der Waals surface area contributed by atoms with Crippen LogP contribution in [-0.2, 0) is 4.74 Å². The summed E-state index contributed by atoms with van der Waals surface area (Å²) in [4.78, 5) is 64.8. The van der Waals surface area contributed by atoms with Crippen LogP contribution in [0.15, 0.2) is 58.3 Å². The highest BCUT2D eigenvalue weighted by atomic mass is 16.5. The number of H-pyrrole nitrogens is 1. The predicted molar refractivity (Wildman–Crippen MR) is 132 cm³/mol. The van der Waals surface area contributed by atoms with Gasteiger partial charge in [0.1, 0.15) is 17.9 Å². The number of hydrogen-bond acceptors (Lipinski definition) is 8. The molecule has 5 rings (SSSR count). The van der Waals surface area contributed by atoms with Crippen molar-refractivity contribution in [3.05, 3.63) is 103 Å². The van der Waals surface area contributed by atoms with E-state index >= 15 is 0 Å². The van der Waals surface area contributed by atoms with Gasteiger partial charge < -0.3 is 20.3 Å². The minimum atomic E-state index is -0.972. The summed E-state index contributed by atoms with van der Waals surface area (Å²) in [6, 6.07) is 10.7. The maximum Gasteiger partial charge on any atom is 0.330 e. The summed E-state index contributed by atoms with van der Waals surface area (Å²) in [6.07, 6.45) is -1.48. The second kappa shape index (κ2) is 10.0. The van der Waals surface area contributed by atoms with Crippen molar-refractivity contribution in [3.8, 4) is 11.8 Å². The zero-order valence-electron chi connectivity index (χ0n) is 19.8. The van der Waals surface area contributed by atoms with Gasteiger partial charge in [0.05, 0.1) is 19.3 Å². The molecule has 192 valence electrons. The molecule has 1 aliphatic carbocycles. The highest BCUT2D eigenvalue weighted by Crippen LogP contribution is 2.28. The van der Waals surface area contributed by atoms with E-state index in [1.807, 2.05) is 0 Å². The minimum Gasteiger partial charge on any atom is -0.394 e. The molecule has 2 aliphatic rings. The van der Waals surface area contributed by atoms with Crippen LogP contribution in [0.25, 0.3) is 0 Å². The van der Waals surface area contributed by atoms with E-state index in [2.05, 4.69) is 22.1 Å². The van der Waals surface area contributed by atoms with Gasteiger partial charge in [-0.15, -0.1) is 0 Å². The molecule has 0 unspecified atom stereocenters. The summed E-state index contributed by atoms with van der Waals surface area (Å²) in [5.41, 5.74) is -0.429. The smallest absolute Gasteiger partial charge is 0.330 e. The first kappa shape index (κ1) is 25.0. The van der Waals surface area contributed by atoms with E-state index in [1.165, 1.54) is 24.4 Å². The monoisotopic (exact) mass is 515 g/mol. The Kier molecular flexibility index (Phi) is 6.61. The summed E-state index contributed by atoms with van der Waals surface area (Å²) >= 11 is 0. The summed E-state index contributed by atoms with van der Waals surface area (Å²) in [7, 11) is 0. The highest BCUT2D eigenvalue weighted by molar-refractivity contribution is 6.28. The van der Waals surface area contributed by atoms with Gasteiger partial charge in [0.2, 0.25) is 0 Å². The molecule has 1 fully saturated rings. The maximum absolute atomic E-state index is 12.9. The molecular formula is C27H21N3O8. The van der Waals surface area contributed by atoms with E-state index in [-0.39, 0.29) is 52.3 Å². The first-order chi connectivity index (χ1) is 18.3. The van der Waals surface area contributed by atoms with Crippen molar-refractivity contribution < 1.29 is 29.3 Å². The first-order valence-electron chi connectivity index (χ1n) is 11.7. The Morgan fingerprint density at radius 3 is 2.42 bits per heavy atom. The first-order valence-corrected chi connectivity index (χ1v) is 11.7. The standard InChI is InChI=1S/C27H21N3O8/c31-13-21-20(32)11-22(38-21)30-12-15(26(36)29-27(30)37)4-3-9-28-25(35)14-7-8-18-19(10-14)24(34)17-6-2-1-5-16(17)23(18)33/h1-2,5-8,10,12,20-22,31-32H,9,11,13H2,(H,28,35)(H,29,36,37)/t20-,21+,22+/m0/s1. The van der Waals surface area contributed by atoms with E-state index in [1.54, 1.807) is 24.3 Å². The fourth-order valence-electron chi connectivity index (χ4n) is 4.45. The molecule has 3 aromatic rings. The Balaban J connectivity index is 1.29. The van der Waals surface area contributed by atoms with Gasteiger partial charge in [0, 0.05) is 40.4 Å². The molecule has 38 heavy (non-hydrogen) atoms. The number of fused-ring (bicyclic) bond motifs is 2. The van der Waals surface area contributed by atoms with Gasteiger partial charge in [0.15, 0.2) is 11.6 Å². The summed E-state index contributed by atoms with van der Waals surface area (Å²) < 4.78 is 6.53. The van der Waals surface area contributed by atoms with Gasteiger partial charge in [-0.2, -0.15) is 0 Å². The number of ketones is 2. The average Bonchev–Trinajstić information content (AvgIpc) is 3.30. The fraction of sp³-hybridized carbons (Fsp3) is 0.222. The molecule has 1 amide bonds. The van der Waals surface area contributed by atoms with Crippen molar-refractivity contribution in [1.29, 1.82) is 0 Å². The number of amides is 1. The van der Waals surface area contributed by atoms with Gasteiger partial charge >= 0.3 is 5.69 Å². The number of aromatic nitrogens is 2. The number of hydrogen-bond donors (Lipinski definition) is 4. The fourth-order valence-corrected chi connectivity index (χ4v) is 4.45. The van der Waals surface area contributed by atoms with E-state index in [0.29, 0.717) is 5.56 Å². The van der Waals surface area contributed by atoms with E-state index in [4.69, 9.17) is 4.74 Å². The molecule has 0 radical (unpaired) electrons. The van der Waals surface area contributed by atoms with E-state index < -0.39 is 42.2 Å². The number of nitrogens with one attached hydrogen (secondary N) is 2. The zero-order chi connectivity index (χ0) is 27.0. The van der Waals surface area contributed by atoms with Gasteiger partial charge in [-0.25, -0.2) is 4.79 Å².